The summed E-state index contributed by atoms with van der Waals surface area (Å²) in [6.07, 6.45) is 2.94. The topological polar surface area (TPSA) is 90.4 Å². The fourth-order valence-electron chi connectivity index (χ4n) is 0.798. The van der Waals surface area contributed by atoms with E-state index in [0.29, 0.717) is 5.22 Å². The number of carbonyl (C=O) groups is 1. The lowest BCUT2D eigenvalue weighted by molar-refractivity contribution is -0.121. The molecule has 0 fully saturated rings. The molecule has 0 saturated heterocycles. The Hall–Kier alpha value is -1.05. The van der Waals surface area contributed by atoms with Gasteiger partial charge in [-0.25, -0.2) is 10.8 Å². The molecule has 0 spiro atoms. The van der Waals surface area contributed by atoms with Crippen LogP contribution in [0.15, 0.2) is 22.1 Å². The second-order valence-corrected chi connectivity index (χ2v) is 3.52. The summed E-state index contributed by atoms with van der Waals surface area (Å²) in [5, 5.41) is -0.0423. The molecule has 1 unspecified atom stereocenters. The molecule has 0 aliphatic rings. The molecule has 0 aliphatic carbocycles. The lowest BCUT2D eigenvalue weighted by atomic mass is 10.4. The molecule has 1 aromatic rings. The van der Waals surface area contributed by atoms with Crippen LogP contribution in [0.2, 0.25) is 0 Å². The first-order chi connectivity index (χ1) is 6.77. The van der Waals surface area contributed by atoms with Crippen LogP contribution in [0.3, 0.4) is 0 Å². The van der Waals surface area contributed by atoms with E-state index in [-0.39, 0.29) is 12.5 Å². The molecule has 7 heteroatoms. The number of hydrazine groups is 1. The van der Waals surface area contributed by atoms with Crippen molar-refractivity contribution in [2.24, 2.45) is 5.84 Å². The molecule has 1 atom stereocenters. The van der Waals surface area contributed by atoms with Crippen molar-refractivity contribution in [3.05, 3.63) is 12.5 Å². The minimum Gasteiger partial charge on any atom is -0.440 e. The predicted octanol–water partition coefficient (Wildman–Crippen LogP) is -0.228. The molecule has 0 aromatic carbocycles. The predicted molar refractivity (Wildman–Crippen MR) is 50.4 cm³/mol. The number of amides is 1. The molecule has 0 radical (unpaired) electrons. The van der Waals surface area contributed by atoms with Gasteiger partial charge in [0.1, 0.15) is 11.5 Å². The summed E-state index contributed by atoms with van der Waals surface area (Å²) in [5.74, 6) is 4.69. The summed E-state index contributed by atoms with van der Waals surface area (Å²) in [6.45, 7) is 0.246. The van der Waals surface area contributed by atoms with E-state index in [1.54, 1.807) is 0 Å². The van der Waals surface area contributed by atoms with E-state index in [1.165, 1.54) is 19.6 Å². The van der Waals surface area contributed by atoms with Crippen LogP contribution >= 0.6 is 11.8 Å². The highest BCUT2D eigenvalue weighted by Gasteiger charge is 2.20. The third-order valence-electron chi connectivity index (χ3n) is 1.41. The van der Waals surface area contributed by atoms with Gasteiger partial charge in [-0.05, 0) is 0 Å². The van der Waals surface area contributed by atoms with E-state index < -0.39 is 5.25 Å². The van der Waals surface area contributed by atoms with Gasteiger partial charge in [-0.15, -0.1) is 0 Å². The molecule has 14 heavy (non-hydrogen) atoms. The third-order valence-corrected chi connectivity index (χ3v) is 2.44. The van der Waals surface area contributed by atoms with Crippen molar-refractivity contribution in [1.82, 2.24) is 10.4 Å². The van der Waals surface area contributed by atoms with E-state index >= 15 is 0 Å². The lowest BCUT2D eigenvalue weighted by Crippen LogP contribution is -2.39. The molecule has 1 rings (SSSR count). The van der Waals surface area contributed by atoms with Crippen LogP contribution in [0.5, 0.6) is 0 Å². The number of rotatable bonds is 5. The number of oxazole rings is 1. The highest BCUT2D eigenvalue weighted by atomic mass is 32.2. The Morgan fingerprint density at radius 1 is 1.93 bits per heavy atom. The first kappa shape index (κ1) is 11.0. The number of methoxy groups -OCH3 is 1. The van der Waals surface area contributed by atoms with Crippen LogP contribution in [0.25, 0.3) is 0 Å². The number of ether oxygens (including phenoxy) is 1. The molecule has 0 saturated carbocycles. The summed E-state index contributed by atoms with van der Waals surface area (Å²) in [4.78, 5) is 15.1. The molecule has 0 bridgehead atoms. The third kappa shape index (κ3) is 3.02. The molecule has 1 heterocycles. The normalized spacial score (nSPS) is 12.4. The van der Waals surface area contributed by atoms with E-state index in [9.17, 15) is 4.79 Å². The van der Waals surface area contributed by atoms with Crippen LogP contribution < -0.4 is 11.3 Å². The molecule has 0 aliphatic heterocycles. The molecule has 6 nitrogen and oxygen atoms in total. The van der Waals surface area contributed by atoms with E-state index in [0.717, 1.165) is 11.8 Å². The number of nitrogens with two attached hydrogens (primary N) is 1. The molecule has 78 valence electrons. The Balaban J connectivity index is 2.55. The molecular formula is C7H11N3O3S. The molecule has 3 N–H and O–H groups in total. The van der Waals surface area contributed by atoms with Gasteiger partial charge in [-0.3, -0.25) is 10.2 Å². The van der Waals surface area contributed by atoms with Crippen molar-refractivity contribution in [2.45, 2.75) is 10.5 Å². The summed E-state index contributed by atoms with van der Waals surface area (Å²) >= 11 is 1.16. The van der Waals surface area contributed by atoms with Gasteiger partial charge in [-0.1, -0.05) is 11.8 Å². The Kier molecular flexibility index (Phi) is 4.44. The fourth-order valence-corrected chi connectivity index (χ4v) is 1.65. The largest absolute Gasteiger partial charge is 0.440 e. The molecule has 1 aromatic heterocycles. The van der Waals surface area contributed by atoms with Crippen LogP contribution in [0.1, 0.15) is 0 Å². The smallest absolute Gasteiger partial charge is 0.256 e. The van der Waals surface area contributed by atoms with Crippen LogP contribution in [0.4, 0.5) is 0 Å². The van der Waals surface area contributed by atoms with Crippen molar-refractivity contribution in [3.8, 4) is 0 Å². The van der Waals surface area contributed by atoms with Crippen molar-refractivity contribution in [1.29, 1.82) is 0 Å². The fraction of sp³-hybridized carbons (Fsp3) is 0.429. The van der Waals surface area contributed by atoms with Gasteiger partial charge in [0.15, 0.2) is 0 Å². The Bertz CT molecular complexity index is 278. The van der Waals surface area contributed by atoms with Crippen LogP contribution in [-0.4, -0.2) is 29.9 Å². The van der Waals surface area contributed by atoms with Crippen molar-refractivity contribution < 1.29 is 13.9 Å². The van der Waals surface area contributed by atoms with Gasteiger partial charge < -0.3 is 9.15 Å². The SMILES string of the molecule is COCC(Sc1ncco1)C(=O)NN. The van der Waals surface area contributed by atoms with Gasteiger partial charge in [0.2, 0.25) is 5.91 Å². The highest BCUT2D eigenvalue weighted by molar-refractivity contribution is 8.00. The number of carbonyl (C=O) groups excluding carboxylic acids is 1. The standard InChI is InChI=1S/C7H11N3O3S/c1-12-4-5(6(11)10-8)14-7-9-2-3-13-7/h2-3,5H,4,8H2,1H3,(H,10,11). The zero-order chi connectivity index (χ0) is 10.4. The zero-order valence-electron chi connectivity index (χ0n) is 7.60. The molecule has 1 amide bonds. The van der Waals surface area contributed by atoms with Crippen molar-refractivity contribution in [2.75, 3.05) is 13.7 Å². The maximum atomic E-state index is 11.2. The Labute approximate surface area is 85.2 Å². The molecular weight excluding hydrogens is 206 g/mol. The minimum absolute atomic E-state index is 0.246. The van der Waals surface area contributed by atoms with Gasteiger partial charge in [0.25, 0.3) is 5.22 Å². The second kappa shape index (κ2) is 5.63. The maximum absolute atomic E-state index is 11.2. The number of nitrogens with one attached hydrogen (secondary N) is 1. The van der Waals surface area contributed by atoms with Gasteiger partial charge in [0, 0.05) is 7.11 Å². The maximum Gasteiger partial charge on any atom is 0.256 e. The summed E-state index contributed by atoms with van der Waals surface area (Å²) < 4.78 is 9.85. The Morgan fingerprint density at radius 3 is 3.21 bits per heavy atom. The van der Waals surface area contributed by atoms with Crippen LogP contribution in [0, 0.1) is 0 Å². The first-order valence-electron chi connectivity index (χ1n) is 3.83. The lowest BCUT2D eigenvalue weighted by Gasteiger charge is -2.10. The Morgan fingerprint density at radius 2 is 2.71 bits per heavy atom. The van der Waals surface area contributed by atoms with Crippen molar-refractivity contribution in [3.63, 3.8) is 0 Å². The van der Waals surface area contributed by atoms with Crippen molar-refractivity contribution >= 4 is 17.7 Å². The number of aromatic nitrogens is 1. The summed E-state index contributed by atoms with van der Waals surface area (Å²) in [7, 11) is 1.51. The van der Waals surface area contributed by atoms with E-state index in [2.05, 4.69) is 10.4 Å². The number of hydrogen-bond acceptors (Lipinski definition) is 6. The van der Waals surface area contributed by atoms with E-state index in [4.69, 9.17) is 15.0 Å². The van der Waals surface area contributed by atoms with E-state index in [1.807, 2.05) is 0 Å². The highest BCUT2D eigenvalue weighted by Crippen LogP contribution is 2.21. The van der Waals surface area contributed by atoms with Gasteiger partial charge in [0.05, 0.1) is 12.8 Å². The zero-order valence-corrected chi connectivity index (χ0v) is 8.41. The number of thioether (sulfide) groups is 1. The average molecular weight is 217 g/mol. The monoisotopic (exact) mass is 217 g/mol. The number of hydrogen-bond donors (Lipinski definition) is 2. The summed E-state index contributed by atoms with van der Waals surface area (Å²) in [6, 6.07) is 0. The number of nitrogens with zero attached hydrogens (tertiary/aromatic N) is 1. The first-order valence-corrected chi connectivity index (χ1v) is 4.71. The van der Waals surface area contributed by atoms with Gasteiger partial charge in [-0.2, -0.15) is 0 Å². The quantitative estimate of drug-likeness (QED) is 0.306. The average Bonchev–Trinajstić information content (AvgIpc) is 2.68. The summed E-state index contributed by atoms with van der Waals surface area (Å²) in [5.41, 5.74) is 2.05. The second-order valence-electron chi connectivity index (χ2n) is 2.37. The van der Waals surface area contributed by atoms with Crippen LogP contribution in [-0.2, 0) is 9.53 Å². The minimum atomic E-state index is -0.455. The van der Waals surface area contributed by atoms with Gasteiger partial charge >= 0.3 is 0 Å².